The van der Waals surface area contributed by atoms with Crippen molar-refractivity contribution in [2.75, 3.05) is 10.6 Å². The molecule has 8 nitrogen and oxygen atoms in total. The number of fused-ring (bicyclic) bond motifs is 2. The Hall–Kier alpha value is -4.76. The largest absolute Gasteiger partial charge is 0.508 e. The van der Waals surface area contributed by atoms with Gasteiger partial charge in [-0.15, -0.1) is 0 Å². The molecule has 0 unspecified atom stereocenters. The molecule has 0 atom stereocenters. The minimum atomic E-state index is -1.13. The highest BCUT2D eigenvalue weighted by atomic mass is 32.1. The molecule has 0 radical (unpaired) electrons. The molecule has 0 saturated carbocycles. The number of anilines is 2. The molecular formula is C27H20N2O6S. The second kappa shape index (κ2) is 9.12. The van der Waals surface area contributed by atoms with Crippen LogP contribution in [0.4, 0.5) is 11.4 Å². The first kappa shape index (κ1) is 23.0. The van der Waals surface area contributed by atoms with Gasteiger partial charge in [-0.1, -0.05) is 18.2 Å². The van der Waals surface area contributed by atoms with Crippen molar-refractivity contribution in [2.24, 2.45) is 0 Å². The van der Waals surface area contributed by atoms with Gasteiger partial charge in [-0.3, -0.25) is 0 Å². The van der Waals surface area contributed by atoms with E-state index in [2.05, 4.69) is 10.6 Å². The van der Waals surface area contributed by atoms with E-state index < -0.39 is 11.9 Å². The molecule has 0 saturated heterocycles. The summed E-state index contributed by atoms with van der Waals surface area (Å²) in [5.41, 5.74) is 3.04. The van der Waals surface area contributed by atoms with Gasteiger partial charge in [0.15, 0.2) is 5.11 Å². The maximum atomic E-state index is 12.3. The van der Waals surface area contributed by atoms with Crippen LogP contribution < -0.4 is 15.4 Å². The molecule has 0 spiro atoms. The van der Waals surface area contributed by atoms with E-state index in [1.807, 2.05) is 0 Å². The number of ether oxygens (including phenoxy) is 1. The average molecular weight is 501 g/mol. The molecule has 1 aliphatic rings. The van der Waals surface area contributed by atoms with Crippen molar-refractivity contribution in [2.45, 2.75) is 5.92 Å². The van der Waals surface area contributed by atoms with Gasteiger partial charge in [0.25, 0.3) is 0 Å². The van der Waals surface area contributed by atoms with Gasteiger partial charge < -0.3 is 35.8 Å². The fourth-order valence-corrected chi connectivity index (χ4v) is 4.47. The van der Waals surface area contributed by atoms with Crippen LogP contribution in [0, 0.1) is 0 Å². The van der Waals surface area contributed by atoms with Crippen LogP contribution in [0.15, 0.2) is 78.9 Å². The number of aromatic hydroxyl groups is 3. The van der Waals surface area contributed by atoms with Gasteiger partial charge in [-0.2, -0.15) is 0 Å². The summed E-state index contributed by atoms with van der Waals surface area (Å²) in [4.78, 5) is 12.3. The van der Waals surface area contributed by atoms with Crippen molar-refractivity contribution >= 4 is 34.7 Å². The number of benzene rings is 4. The molecule has 4 aromatic rings. The first-order valence-electron chi connectivity index (χ1n) is 10.9. The van der Waals surface area contributed by atoms with Gasteiger partial charge in [-0.05, 0) is 66.3 Å². The number of phenolic OH excluding ortho intramolecular Hbond substituents is 3. The maximum Gasteiger partial charge on any atom is 0.336 e. The Bertz CT molecular complexity index is 1450. The standard InChI is InChI=1S/C27H20N2O6S/c30-16-4-1-14(2-5-16)28-27(36)29-15-3-8-19(22(11-15)26(33)34)25-20-9-6-17(31)12-23(20)35-24-13-18(32)7-10-21(24)25/h1-13,25,30-32H,(H,33,34)(H2,28,29,36). The lowest BCUT2D eigenvalue weighted by Crippen LogP contribution is -2.20. The normalized spacial score (nSPS) is 12.1. The van der Waals surface area contributed by atoms with Crippen LogP contribution in [0.3, 0.4) is 0 Å². The van der Waals surface area contributed by atoms with Gasteiger partial charge in [0, 0.05) is 40.6 Å². The van der Waals surface area contributed by atoms with E-state index in [4.69, 9.17) is 17.0 Å². The summed E-state index contributed by atoms with van der Waals surface area (Å²) in [6, 6.07) is 20.6. The van der Waals surface area contributed by atoms with Crippen LogP contribution in [0.5, 0.6) is 28.7 Å². The summed E-state index contributed by atoms with van der Waals surface area (Å²) >= 11 is 5.35. The predicted octanol–water partition coefficient (Wildman–Crippen LogP) is 5.60. The molecule has 0 fully saturated rings. The zero-order valence-corrected chi connectivity index (χ0v) is 19.4. The van der Waals surface area contributed by atoms with Crippen molar-refractivity contribution in [3.05, 3.63) is 101 Å². The number of thiocarbonyl (C=S) groups is 1. The SMILES string of the molecule is O=C(O)c1cc(NC(=S)Nc2ccc(O)cc2)ccc1C1c2ccc(O)cc2Oc2cc(O)ccc21. The van der Waals surface area contributed by atoms with E-state index in [1.54, 1.807) is 36.4 Å². The Morgan fingerprint density at radius 2 is 1.19 bits per heavy atom. The van der Waals surface area contributed by atoms with E-state index in [1.165, 1.54) is 42.5 Å². The Kier molecular flexibility index (Phi) is 5.83. The van der Waals surface area contributed by atoms with Crippen molar-refractivity contribution < 1.29 is 30.0 Å². The predicted molar refractivity (Wildman–Crippen MR) is 139 cm³/mol. The topological polar surface area (TPSA) is 131 Å². The molecule has 0 aromatic heterocycles. The molecule has 6 N–H and O–H groups in total. The lowest BCUT2D eigenvalue weighted by Gasteiger charge is -2.30. The molecule has 0 aliphatic carbocycles. The molecule has 1 aliphatic heterocycles. The molecule has 5 rings (SSSR count). The Morgan fingerprint density at radius 1 is 0.694 bits per heavy atom. The fourth-order valence-electron chi connectivity index (χ4n) is 4.23. The zero-order chi connectivity index (χ0) is 25.4. The maximum absolute atomic E-state index is 12.3. The number of carboxylic acid groups (broad SMARTS) is 1. The number of phenols is 3. The van der Waals surface area contributed by atoms with Crippen LogP contribution >= 0.6 is 12.2 Å². The van der Waals surface area contributed by atoms with Crippen molar-refractivity contribution in [1.29, 1.82) is 0 Å². The lowest BCUT2D eigenvalue weighted by atomic mass is 9.80. The molecule has 0 amide bonds. The van der Waals surface area contributed by atoms with Crippen molar-refractivity contribution in [3.8, 4) is 28.7 Å². The van der Waals surface area contributed by atoms with E-state index in [9.17, 15) is 25.2 Å². The Morgan fingerprint density at radius 3 is 1.78 bits per heavy atom. The number of carboxylic acids is 1. The number of carbonyl (C=O) groups is 1. The molecule has 36 heavy (non-hydrogen) atoms. The zero-order valence-electron chi connectivity index (χ0n) is 18.6. The van der Waals surface area contributed by atoms with Gasteiger partial charge in [-0.25, -0.2) is 4.79 Å². The third kappa shape index (κ3) is 4.47. The minimum Gasteiger partial charge on any atom is -0.508 e. The third-order valence-corrected chi connectivity index (χ3v) is 6.02. The molecule has 0 bridgehead atoms. The first-order chi connectivity index (χ1) is 17.3. The van der Waals surface area contributed by atoms with Crippen LogP contribution in [0.25, 0.3) is 0 Å². The fraction of sp³-hybridized carbons (Fsp3) is 0.0370. The van der Waals surface area contributed by atoms with E-state index in [0.29, 0.717) is 39.6 Å². The minimum absolute atomic E-state index is 0.00347. The van der Waals surface area contributed by atoms with Crippen molar-refractivity contribution in [3.63, 3.8) is 0 Å². The van der Waals surface area contributed by atoms with Crippen LogP contribution in [-0.4, -0.2) is 31.5 Å². The lowest BCUT2D eigenvalue weighted by molar-refractivity contribution is 0.0695. The molecule has 4 aromatic carbocycles. The average Bonchev–Trinajstić information content (AvgIpc) is 2.84. The number of aromatic carboxylic acids is 1. The Balaban J connectivity index is 1.52. The second-order valence-corrected chi connectivity index (χ2v) is 8.62. The quantitative estimate of drug-likeness (QED) is 0.138. The van der Waals surface area contributed by atoms with Gasteiger partial charge in [0.1, 0.15) is 28.7 Å². The van der Waals surface area contributed by atoms with Gasteiger partial charge in [0.05, 0.1) is 5.56 Å². The molecule has 180 valence electrons. The number of rotatable bonds is 4. The van der Waals surface area contributed by atoms with Crippen molar-refractivity contribution in [1.82, 2.24) is 0 Å². The Labute approximate surface area is 211 Å². The summed E-state index contributed by atoms with van der Waals surface area (Å²) in [7, 11) is 0. The highest BCUT2D eigenvalue weighted by molar-refractivity contribution is 7.80. The summed E-state index contributed by atoms with van der Waals surface area (Å²) in [5, 5.41) is 45.7. The highest BCUT2D eigenvalue weighted by Gasteiger charge is 2.32. The molecular weight excluding hydrogens is 480 g/mol. The number of hydrogen-bond acceptors (Lipinski definition) is 6. The van der Waals surface area contributed by atoms with Crippen LogP contribution in [0.2, 0.25) is 0 Å². The smallest absolute Gasteiger partial charge is 0.336 e. The summed E-state index contributed by atoms with van der Waals surface area (Å²) in [5.74, 6) is -0.771. The monoisotopic (exact) mass is 500 g/mol. The number of nitrogens with one attached hydrogen (secondary N) is 2. The van der Waals surface area contributed by atoms with E-state index >= 15 is 0 Å². The van der Waals surface area contributed by atoms with Gasteiger partial charge in [0.2, 0.25) is 0 Å². The van der Waals surface area contributed by atoms with Crippen LogP contribution in [0.1, 0.15) is 33.0 Å². The number of hydrogen-bond donors (Lipinski definition) is 6. The second-order valence-electron chi connectivity index (χ2n) is 8.21. The first-order valence-corrected chi connectivity index (χ1v) is 11.3. The van der Waals surface area contributed by atoms with E-state index in [0.717, 1.165) is 0 Å². The summed E-state index contributed by atoms with van der Waals surface area (Å²) in [6.45, 7) is 0. The van der Waals surface area contributed by atoms with Crippen LogP contribution in [-0.2, 0) is 0 Å². The molecule has 9 heteroatoms. The summed E-state index contributed by atoms with van der Waals surface area (Å²) < 4.78 is 5.91. The molecule has 1 heterocycles. The third-order valence-electron chi connectivity index (χ3n) is 5.81. The van der Waals surface area contributed by atoms with Gasteiger partial charge >= 0.3 is 5.97 Å². The highest BCUT2D eigenvalue weighted by Crippen LogP contribution is 2.49. The van der Waals surface area contributed by atoms with E-state index in [-0.39, 0.29) is 27.9 Å². The summed E-state index contributed by atoms with van der Waals surface area (Å²) in [6.07, 6.45) is 0.